The zero-order valence-electron chi connectivity index (χ0n) is 16.6. The van der Waals surface area contributed by atoms with Gasteiger partial charge in [0.2, 0.25) is 5.91 Å². The number of carbonyl (C=O) groups excluding carboxylic acids is 1. The smallest absolute Gasteiger partial charge is 0.222 e. The van der Waals surface area contributed by atoms with Crippen LogP contribution in [0.15, 0.2) is 12.4 Å². The molecular weight excluding hydrogens is 328 g/mol. The van der Waals surface area contributed by atoms with Gasteiger partial charge in [0.15, 0.2) is 0 Å². The predicted octanol–water partition coefficient (Wildman–Crippen LogP) is 2.71. The van der Waals surface area contributed by atoms with Crippen molar-refractivity contribution in [2.45, 2.75) is 58.5 Å². The summed E-state index contributed by atoms with van der Waals surface area (Å²) in [5, 5.41) is 4.45. The van der Waals surface area contributed by atoms with Crippen LogP contribution >= 0.6 is 0 Å². The maximum absolute atomic E-state index is 12.2. The number of carbonyl (C=O) groups is 1. The maximum Gasteiger partial charge on any atom is 0.222 e. The molecule has 0 unspecified atom stereocenters. The number of hydrogen-bond donors (Lipinski definition) is 0. The minimum atomic E-state index is 0.329. The molecule has 0 radical (unpaired) electrons. The van der Waals surface area contributed by atoms with Crippen molar-refractivity contribution in [2.24, 2.45) is 5.41 Å². The third-order valence-corrected chi connectivity index (χ3v) is 6.03. The van der Waals surface area contributed by atoms with Crippen LogP contribution in [0.5, 0.6) is 0 Å². The molecule has 146 valence electrons. The number of aromatic nitrogens is 2. The molecule has 6 nitrogen and oxygen atoms in total. The number of methoxy groups -OCH3 is 1. The fraction of sp³-hybridized carbons (Fsp3) is 0.800. The summed E-state index contributed by atoms with van der Waals surface area (Å²) in [6.07, 6.45) is 9.27. The molecule has 6 heteroatoms. The molecule has 2 aliphatic heterocycles. The number of hydrogen-bond acceptors (Lipinski definition) is 4. The van der Waals surface area contributed by atoms with Gasteiger partial charge in [-0.1, -0.05) is 0 Å². The molecule has 1 aromatic rings. The van der Waals surface area contributed by atoms with E-state index in [0.717, 1.165) is 52.2 Å². The van der Waals surface area contributed by atoms with Gasteiger partial charge in [-0.25, -0.2) is 0 Å². The highest BCUT2D eigenvalue weighted by atomic mass is 16.5. The first kappa shape index (κ1) is 19.4. The van der Waals surface area contributed by atoms with E-state index in [2.05, 4.69) is 34.9 Å². The van der Waals surface area contributed by atoms with Gasteiger partial charge >= 0.3 is 0 Å². The largest absolute Gasteiger partial charge is 0.385 e. The first-order chi connectivity index (χ1) is 12.5. The summed E-state index contributed by atoms with van der Waals surface area (Å²) in [5.74, 6) is 0.329. The number of amides is 1. The van der Waals surface area contributed by atoms with Crippen LogP contribution in [0.25, 0.3) is 0 Å². The van der Waals surface area contributed by atoms with E-state index in [9.17, 15) is 4.79 Å². The van der Waals surface area contributed by atoms with Crippen LogP contribution in [0, 0.1) is 5.41 Å². The Morgan fingerprint density at radius 3 is 2.69 bits per heavy atom. The molecule has 0 N–H and O–H groups in total. The molecule has 0 saturated carbocycles. The van der Waals surface area contributed by atoms with Gasteiger partial charge in [-0.15, -0.1) is 0 Å². The molecule has 0 aliphatic carbocycles. The minimum Gasteiger partial charge on any atom is -0.385 e. The van der Waals surface area contributed by atoms with E-state index in [1.807, 2.05) is 10.9 Å². The number of likely N-dealkylation sites (tertiary alicyclic amines) is 2. The molecule has 1 aromatic heterocycles. The van der Waals surface area contributed by atoms with Crippen molar-refractivity contribution in [3.8, 4) is 0 Å². The van der Waals surface area contributed by atoms with Crippen LogP contribution in [0.1, 0.15) is 57.6 Å². The van der Waals surface area contributed by atoms with E-state index < -0.39 is 0 Å². The summed E-state index contributed by atoms with van der Waals surface area (Å²) in [6.45, 7) is 10.0. The highest BCUT2D eigenvalue weighted by Crippen LogP contribution is 2.40. The van der Waals surface area contributed by atoms with Crippen molar-refractivity contribution in [3.63, 3.8) is 0 Å². The average Bonchev–Trinajstić information content (AvgIpc) is 3.09. The second kappa shape index (κ2) is 8.53. The van der Waals surface area contributed by atoms with Crippen LogP contribution in [0.3, 0.4) is 0 Å². The Morgan fingerprint density at radius 1 is 1.27 bits per heavy atom. The molecular formula is C20H34N4O2. The monoisotopic (exact) mass is 362 g/mol. The minimum absolute atomic E-state index is 0.329. The third-order valence-electron chi connectivity index (χ3n) is 6.03. The summed E-state index contributed by atoms with van der Waals surface area (Å²) < 4.78 is 7.17. The molecule has 0 bridgehead atoms. The number of rotatable bonds is 7. The molecule has 1 spiro atoms. The van der Waals surface area contributed by atoms with Gasteiger partial charge < -0.3 is 9.64 Å². The standard InChI is InChI=1S/C20H34N4O2/c1-17(2)24-15-18(13-21-24)14-22-10-7-20(8-11-22)6-5-19(25)23(16-20)9-4-12-26-3/h13,15,17H,4-12,14,16H2,1-3H3. The fourth-order valence-corrected chi connectivity index (χ4v) is 4.30. The Morgan fingerprint density at radius 2 is 2.04 bits per heavy atom. The quantitative estimate of drug-likeness (QED) is 0.700. The highest BCUT2D eigenvalue weighted by Gasteiger charge is 2.40. The van der Waals surface area contributed by atoms with Gasteiger partial charge in [0.05, 0.1) is 6.20 Å². The topological polar surface area (TPSA) is 50.6 Å². The first-order valence-corrected chi connectivity index (χ1v) is 10.0. The second-order valence-corrected chi connectivity index (χ2v) is 8.36. The molecule has 0 aromatic carbocycles. The van der Waals surface area contributed by atoms with Crippen LogP contribution in [-0.2, 0) is 16.1 Å². The Hall–Kier alpha value is -1.40. The maximum atomic E-state index is 12.2. The normalized spacial score (nSPS) is 21.1. The average molecular weight is 363 g/mol. The lowest BCUT2D eigenvalue weighted by atomic mass is 9.72. The number of piperidine rings is 2. The summed E-state index contributed by atoms with van der Waals surface area (Å²) in [6, 6.07) is 0.414. The Balaban J connectivity index is 1.50. The van der Waals surface area contributed by atoms with E-state index in [1.165, 1.54) is 18.4 Å². The Bertz CT molecular complexity index is 590. The van der Waals surface area contributed by atoms with Gasteiger partial charge in [-0.05, 0) is 58.0 Å². The van der Waals surface area contributed by atoms with Gasteiger partial charge in [-0.2, -0.15) is 5.10 Å². The van der Waals surface area contributed by atoms with Crippen molar-refractivity contribution >= 4 is 5.91 Å². The lowest BCUT2D eigenvalue weighted by molar-refractivity contribution is -0.139. The summed E-state index contributed by atoms with van der Waals surface area (Å²) in [5.41, 5.74) is 1.63. The van der Waals surface area contributed by atoms with Crippen molar-refractivity contribution in [3.05, 3.63) is 18.0 Å². The summed E-state index contributed by atoms with van der Waals surface area (Å²) in [4.78, 5) is 16.9. The second-order valence-electron chi connectivity index (χ2n) is 8.36. The zero-order valence-corrected chi connectivity index (χ0v) is 16.6. The zero-order chi connectivity index (χ0) is 18.6. The van der Waals surface area contributed by atoms with E-state index in [0.29, 0.717) is 23.8 Å². The lowest BCUT2D eigenvalue weighted by Gasteiger charge is -2.47. The molecule has 0 atom stereocenters. The van der Waals surface area contributed by atoms with Gasteiger partial charge in [0, 0.05) is 57.6 Å². The third kappa shape index (κ3) is 4.65. The van der Waals surface area contributed by atoms with Crippen LogP contribution in [0.2, 0.25) is 0 Å². The van der Waals surface area contributed by atoms with Crippen molar-refractivity contribution < 1.29 is 9.53 Å². The van der Waals surface area contributed by atoms with Crippen molar-refractivity contribution in [1.29, 1.82) is 0 Å². The SMILES string of the molecule is COCCCN1CC2(CCC1=O)CCN(Cc1cnn(C(C)C)c1)CC2. The van der Waals surface area contributed by atoms with Crippen molar-refractivity contribution in [1.82, 2.24) is 19.6 Å². The Kier molecular flexibility index (Phi) is 6.35. The molecule has 2 aliphatic rings. The highest BCUT2D eigenvalue weighted by molar-refractivity contribution is 5.77. The molecule has 3 heterocycles. The van der Waals surface area contributed by atoms with E-state index in [-0.39, 0.29) is 0 Å². The van der Waals surface area contributed by atoms with Crippen LogP contribution in [-0.4, -0.2) is 65.4 Å². The van der Waals surface area contributed by atoms with Crippen molar-refractivity contribution in [2.75, 3.05) is 39.9 Å². The van der Waals surface area contributed by atoms with Crippen LogP contribution < -0.4 is 0 Å². The predicted molar refractivity (Wildman–Crippen MR) is 102 cm³/mol. The van der Waals surface area contributed by atoms with E-state index >= 15 is 0 Å². The molecule has 2 fully saturated rings. The van der Waals surface area contributed by atoms with E-state index in [4.69, 9.17) is 4.74 Å². The lowest BCUT2D eigenvalue weighted by Crippen LogP contribution is -2.51. The molecule has 26 heavy (non-hydrogen) atoms. The van der Waals surface area contributed by atoms with Gasteiger partial charge in [0.1, 0.15) is 0 Å². The summed E-state index contributed by atoms with van der Waals surface area (Å²) in [7, 11) is 1.72. The van der Waals surface area contributed by atoms with Gasteiger partial charge in [-0.3, -0.25) is 14.4 Å². The Labute approximate surface area is 157 Å². The first-order valence-electron chi connectivity index (χ1n) is 10.0. The molecule has 1 amide bonds. The van der Waals surface area contributed by atoms with E-state index in [1.54, 1.807) is 7.11 Å². The van der Waals surface area contributed by atoms with Gasteiger partial charge in [0.25, 0.3) is 0 Å². The molecule has 2 saturated heterocycles. The fourth-order valence-electron chi connectivity index (χ4n) is 4.30. The molecule has 3 rings (SSSR count). The van der Waals surface area contributed by atoms with Crippen LogP contribution in [0.4, 0.5) is 0 Å². The number of nitrogens with zero attached hydrogens (tertiary/aromatic N) is 4. The summed E-state index contributed by atoms with van der Waals surface area (Å²) >= 11 is 0. The number of ether oxygens (including phenoxy) is 1.